The SMILES string of the molecule is CC(C)c1ccc(OCC(=O)N2CCCCC2)c(Br)c1. The van der Waals surface area contributed by atoms with Crippen LogP contribution in [-0.2, 0) is 4.79 Å². The highest BCUT2D eigenvalue weighted by atomic mass is 79.9. The van der Waals surface area contributed by atoms with Crippen molar-refractivity contribution >= 4 is 21.8 Å². The molecule has 0 saturated carbocycles. The maximum atomic E-state index is 12.0. The first-order valence-corrected chi connectivity index (χ1v) is 8.07. The summed E-state index contributed by atoms with van der Waals surface area (Å²) in [6.07, 6.45) is 3.45. The van der Waals surface area contributed by atoms with Crippen molar-refractivity contribution in [3.05, 3.63) is 28.2 Å². The van der Waals surface area contributed by atoms with E-state index in [0.717, 1.165) is 36.2 Å². The van der Waals surface area contributed by atoms with Crippen LogP contribution in [0.15, 0.2) is 22.7 Å². The Morgan fingerprint density at radius 2 is 2.00 bits per heavy atom. The number of nitrogens with zero attached hydrogens (tertiary/aromatic N) is 1. The van der Waals surface area contributed by atoms with Crippen LogP contribution in [0.1, 0.15) is 44.6 Å². The van der Waals surface area contributed by atoms with Gasteiger partial charge in [-0.25, -0.2) is 0 Å². The van der Waals surface area contributed by atoms with Crippen molar-refractivity contribution in [2.45, 2.75) is 39.0 Å². The number of carbonyl (C=O) groups excluding carboxylic acids is 1. The average molecular weight is 340 g/mol. The lowest BCUT2D eigenvalue weighted by Crippen LogP contribution is -2.38. The number of ether oxygens (including phenoxy) is 1. The molecule has 1 amide bonds. The topological polar surface area (TPSA) is 29.5 Å². The van der Waals surface area contributed by atoms with E-state index in [1.54, 1.807) is 0 Å². The number of likely N-dealkylation sites (tertiary alicyclic amines) is 1. The van der Waals surface area contributed by atoms with E-state index < -0.39 is 0 Å². The second-order valence-corrected chi connectivity index (χ2v) is 6.43. The van der Waals surface area contributed by atoms with Gasteiger partial charge in [0.25, 0.3) is 5.91 Å². The lowest BCUT2D eigenvalue weighted by molar-refractivity contribution is -0.134. The van der Waals surface area contributed by atoms with Crippen LogP contribution in [0.5, 0.6) is 5.75 Å². The fourth-order valence-electron chi connectivity index (χ4n) is 2.37. The Labute approximate surface area is 129 Å². The van der Waals surface area contributed by atoms with Gasteiger partial charge in [-0.15, -0.1) is 0 Å². The zero-order valence-corrected chi connectivity index (χ0v) is 13.8. The molecule has 1 heterocycles. The number of carbonyl (C=O) groups is 1. The summed E-state index contributed by atoms with van der Waals surface area (Å²) >= 11 is 3.51. The monoisotopic (exact) mass is 339 g/mol. The lowest BCUT2D eigenvalue weighted by atomic mass is 10.0. The first-order chi connectivity index (χ1) is 9.58. The lowest BCUT2D eigenvalue weighted by Gasteiger charge is -2.26. The largest absolute Gasteiger partial charge is 0.483 e. The molecule has 1 aromatic carbocycles. The predicted molar refractivity (Wildman–Crippen MR) is 84.2 cm³/mol. The number of hydrogen-bond acceptors (Lipinski definition) is 2. The molecule has 110 valence electrons. The molecule has 1 saturated heterocycles. The van der Waals surface area contributed by atoms with Crippen LogP contribution >= 0.6 is 15.9 Å². The first-order valence-electron chi connectivity index (χ1n) is 7.28. The summed E-state index contributed by atoms with van der Waals surface area (Å²) in [5.74, 6) is 1.31. The maximum absolute atomic E-state index is 12.0. The van der Waals surface area contributed by atoms with Crippen molar-refractivity contribution in [3.8, 4) is 5.75 Å². The van der Waals surface area contributed by atoms with Crippen molar-refractivity contribution in [2.75, 3.05) is 19.7 Å². The Hall–Kier alpha value is -1.03. The third kappa shape index (κ3) is 3.98. The van der Waals surface area contributed by atoms with Gasteiger partial charge in [0, 0.05) is 13.1 Å². The zero-order valence-electron chi connectivity index (χ0n) is 12.2. The molecule has 0 spiro atoms. The van der Waals surface area contributed by atoms with E-state index in [-0.39, 0.29) is 12.5 Å². The van der Waals surface area contributed by atoms with Gasteiger partial charge in [0.1, 0.15) is 5.75 Å². The Morgan fingerprint density at radius 1 is 1.30 bits per heavy atom. The van der Waals surface area contributed by atoms with Crippen LogP contribution in [0.25, 0.3) is 0 Å². The molecule has 0 unspecified atom stereocenters. The van der Waals surface area contributed by atoms with Gasteiger partial charge in [-0.3, -0.25) is 4.79 Å². The van der Waals surface area contributed by atoms with Gasteiger partial charge in [0.05, 0.1) is 4.47 Å². The maximum Gasteiger partial charge on any atom is 0.260 e. The van der Waals surface area contributed by atoms with Crippen LogP contribution < -0.4 is 4.74 Å². The summed E-state index contributed by atoms with van der Waals surface area (Å²) in [4.78, 5) is 13.9. The summed E-state index contributed by atoms with van der Waals surface area (Å²) in [5.41, 5.74) is 1.26. The number of rotatable bonds is 4. The van der Waals surface area contributed by atoms with Gasteiger partial charge in [-0.1, -0.05) is 19.9 Å². The summed E-state index contributed by atoms with van der Waals surface area (Å²) in [6, 6.07) is 6.05. The van der Waals surface area contributed by atoms with Gasteiger partial charge in [0.15, 0.2) is 6.61 Å². The molecule has 0 N–H and O–H groups in total. The minimum atomic E-state index is 0.0875. The molecule has 0 aliphatic carbocycles. The van der Waals surface area contributed by atoms with Crippen molar-refractivity contribution in [2.24, 2.45) is 0 Å². The van der Waals surface area contributed by atoms with Crippen LogP contribution in [0, 0.1) is 0 Å². The highest BCUT2D eigenvalue weighted by molar-refractivity contribution is 9.10. The Balaban J connectivity index is 1.91. The van der Waals surface area contributed by atoms with E-state index >= 15 is 0 Å². The molecule has 0 bridgehead atoms. The molecule has 1 aromatic rings. The highest BCUT2D eigenvalue weighted by Gasteiger charge is 2.17. The van der Waals surface area contributed by atoms with E-state index in [4.69, 9.17) is 4.74 Å². The number of amides is 1. The molecule has 3 nitrogen and oxygen atoms in total. The highest BCUT2D eigenvalue weighted by Crippen LogP contribution is 2.28. The van der Waals surface area contributed by atoms with E-state index in [0.29, 0.717) is 5.92 Å². The molecule has 1 aliphatic rings. The van der Waals surface area contributed by atoms with Crippen molar-refractivity contribution < 1.29 is 9.53 Å². The second-order valence-electron chi connectivity index (χ2n) is 5.57. The number of benzene rings is 1. The van der Waals surface area contributed by atoms with Gasteiger partial charge in [-0.05, 0) is 58.8 Å². The molecule has 1 fully saturated rings. The number of halogens is 1. The summed E-state index contributed by atoms with van der Waals surface area (Å²) in [6.45, 7) is 6.18. The van der Waals surface area contributed by atoms with Crippen LogP contribution in [0.4, 0.5) is 0 Å². The van der Waals surface area contributed by atoms with E-state index in [9.17, 15) is 4.79 Å². The molecular formula is C16H22BrNO2. The molecule has 2 rings (SSSR count). The molecule has 20 heavy (non-hydrogen) atoms. The number of piperidine rings is 1. The number of hydrogen-bond donors (Lipinski definition) is 0. The van der Waals surface area contributed by atoms with Gasteiger partial charge >= 0.3 is 0 Å². The molecule has 0 radical (unpaired) electrons. The molecule has 0 aromatic heterocycles. The summed E-state index contributed by atoms with van der Waals surface area (Å²) in [5, 5.41) is 0. The van der Waals surface area contributed by atoms with Crippen molar-refractivity contribution in [1.29, 1.82) is 0 Å². The first kappa shape index (κ1) is 15.4. The van der Waals surface area contributed by atoms with Crippen LogP contribution in [0.2, 0.25) is 0 Å². The van der Waals surface area contributed by atoms with Gasteiger partial charge in [0.2, 0.25) is 0 Å². The Morgan fingerprint density at radius 3 is 2.60 bits per heavy atom. The normalized spacial score (nSPS) is 15.5. The van der Waals surface area contributed by atoms with E-state index in [1.807, 2.05) is 11.0 Å². The van der Waals surface area contributed by atoms with Crippen LogP contribution in [0.3, 0.4) is 0 Å². The van der Waals surface area contributed by atoms with Crippen molar-refractivity contribution in [1.82, 2.24) is 4.90 Å². The quantitative estimate of drug-likeness (QED) is 0.830. The van der Waals surface area contributed by atoms with Crippen LogP contribution in [-0.4, -0.2) is 30.5 Å². The minimum absolute atomic E-state index is 0.0875. The molecule has 4 heteroatoms. The van der Waals surface area contributed by atoms with Crippen molar-refractivity contribution in [3.63, 3.8) is 0 Å². The standard InChI is InChI=1S/C16H22BrNO2/c1-12(2)13-6-7-15(14(17)10-13)20-11-16(19)18-8-4-3-5-9-18/h6-7,10,12H,3-5,8-9,11H2,1-2H3. The third-order valence-corrected chi connectivity index (χ3v) is 4.30. The zero-order chi connectivity index (χ0) is 14.5. The van der Waals surface area contributed by atoms with E-state index in [1.165, 1.54) is 12.0 Å². The second kappa shape index (κ2) is 7.11. The van der Waals surface area contributed by atoms with Gasteiger partial charge < -0.3 is 9.64 Å². The molecular weight excluding hydrogens is 318 g/mol. The fraction of sp³-hybridized carbons (Fsp3) is 0.562. The Kier molecular flexibility index (Phi) is 5.46. The smallest absolute Gasteiger partial charge is 0.260 e. The average Bonchev–Trinajstić information content (AvgIpc) is 2.46. The minimum Gasteiger partial charge on any atom is -0.483 e. The fourth-order valence-corrected chi connectivity index (χ4v) is 2.88. The molecule has 0 atom stereocenters. The van der Waals surface area contributed by atoms with Gasteiger partial charge in [-0.2, -0.15) is 0 Å². The summed E-state index contributed by atoms with van der Waals surface area (Å²) in [7, 11) is 0. The molecule has 1 aliphatic heterocycles. The third-order valence-electron chi connectivity index (χ3n) is 3.68. The predicted octanol–water partition coefficient (Wildman–Crippen LogP) is 3.96. The van der Waals surface area contributed by atoms with E-state index in [2.05, 4.69) is 41.9 Å². The summed E-state index contributed by atoms with van der Waals surface area (Å²) < 4.78 is 6.56. The Bertz CT molecular complexity index is 468.